The quantitative estimate of drug-likeness (QED) is 0.109. The number of carboxylic acid groups (broad SMARTS) is 1. The molecule has 2 unspecified atom stereocenters. The smallest absolute Gasteiger partial charge is 0.408 e. The van der Waals surface area contributed by atoms with Gasteiger partial charge in [-0.1, -0.05) is 0 Å². The normalized spacial score (nSPS) is 12.8. The third-order valence-electron chi connectivity index (χ3n) is 3.51. The molecule has 172 valence electrons. The molecule has 11 N–H and O–H groups in total. The second-order valence-electron chi connectivity index (χ2n) is 7.50. The van der Waals surface area contributed by atoms with Crippen molar-refractivity contribution >= 4 is 29.9 Å². The summed E-state index contributed by atoms with van der Waals surface area (Å²) in [5, 5.41) is 14.2. The van der Waals surface area contributed by atoms with Gasteiger partial charge in [0.2, 0.25) is 5.91 Å². The molecule has 0 aromatic carbocycles. The van der Waals surface area contributed by atoms with Gasteiger partial charge in [-0.25, -0.2) is 9.59 Å². The van der Waals surface area contributed by atoms with E-state index < -0.39 is 35.7 Å². The van der Waals surface area contributed by atoms with Gasteiger partial charge in [0.25, 0.3) is 0 Å². The second kappa shape index (κ2) is 13.1. The van der Waals surface area contributed by atoms with E-state index in [4.69, 9.17) is 27.7 Å². The number of rotatable bonds is 12. The van der Waals surface area contributed by atoms with Crippen molar-refractivity contribution in [2.24, 2.45) is 32.9 Å². The van der Waals surface area contributed by atoms with Crippen molar-refractivity contribution in [2.75, 3.05) is 13.1 Å². The molecule has 0 heterocycles. The Morgan fingerprint density at radius 2 is 1.37 bits per heavy atom. The molecule has 0 saturated heterocycles. The first-order valence-electron chi connectivity index (χ1n) is 9.45. The SMILES string of the molecule is CC(C)(C)OC(=O)NC(CCCN=C(N)N)C(=O)NC(CCCN=C(N)N)C(=O)O. The molecule has 0 aliphatic carbocycles. The first-order valence-corrected chi connectivity index (χ1v) is 9.45. The van der Waals surface area contributed by atoms with Gasteiger partial charge in [-0.2, -0.15) is 0 Å². The zero-order chi connectivity index (χ0) is 23.3. The molecule has 0 bridgehead atoms. The lowest BCUT2D eigenvalue weighted by atomic mass is 10.1. The van der Waals surface area contributed by atoms with E-state index >= 15 is 0 Å². The Kier molecular flexibility index (Phi) is 11.6. The number of ether oxygens (including phenoxy) is 1. The maximum atomic E-state index is 12.6. The number of amides is 2. The summed E-state index contributed by atoms with van der Waals surface area (Å²) in [5.74, 6) is -2.08. The number of alkyl carbamates (subject to hydrolysis) is 1. The fourth-order valence-corrected chi connectivity index (χ4v) is 2.26. The maximum absolute atomic E-state index is 12.6. The van der Waals surface area contributed by atoms with Gasteiger partial charge in [-0.15, -0.1) is 0 Å². The molecule has 0 aliphatic heterocycles. The second-order valence-corrected chi connectivity index (χ2v) is 7.50. The number of nitrogens with zero attached hydrogens (tertiary/aromatic N) is 2. The first-order chi connectivity index (χ1) is 13.8. The number of hydrogen-bond donors (Lipinski definition) is 7. The molecule has 2 atom stereocenters. The zero-order valence-corrected chi connectivity index (χ0v) is 17.7. The molecule has 0 aliphatic rings. The Labute approximate surface area is 175 Å². The van der Waals surface area contributed by atoms with Gasteiger partial charge in [0.15, 0.2) is 11.9 Å². The topological polar surface area (TPSA) is 234 Å². The number of carbonyl (C=O) groups is 3. The number of nitrogens with two attached hydrogens (primary N) is 4. The van der Waals surface area contributed by atoms with E-state index in [9.17, 15) is 19.5 Å². The Morgan fingerprint density at radius 3 is 1.77 bits per heavy atom. The molecule has 0 rings (SSSR count). The summed E-state index contributed by atoms with van der Waals surface area (Å²) in [6.45, 7) is 5.50. The summed E-state index contributed by atoms with van der Waals surface area (Å²) in [6, 6.07) is -2.21. The monoisotopic (exact) mass is 430 g/mol. The molecular weight excluding hydrogens is 396 g/mol. The molecule has 0 saturated carbocycles. The van der Waals surface area contributed by atoms with Crippen LogP contribution in [-0.4, -0.2) is 65.8 Å². The van der Waals surface area contributed by atoms with Gasteiger partial charge in [0, 0.05) is 13.1 Å². The number of carboxylic acids is 1. The average molecular weight is 431 g/mol. The zero-order valence-electron chi connectivity index (χ0n) is 17.7. The highest BCUT2D eigenvalue weighted by atomic mass is 16.6. The lowest BCUT2D eigenvalue weighted by Crippen LogP contribution is -2.52. The largest absolute Gasteiger partial charge is 0.480 e. The molecule has 30 heavy (non-hydrogen) atoms. The van der Waals surface area contributed by atoms with E-state index in [1.165, 1.54) is 0 Å². The number of nitrogens with one attached hydrogen (secondary N) is 2. The summed E-state index contributed by atoms with van der Waals surface area (Å²) in [6.07, 6.45) is 0.175. The first kappa shape index (κ1) is 26.8. The van der Waals surface area contributed by atoms with Crippen LogP contribution in [0.25, 0.3) is 0 Å². The van der Waals surface area contributed by atoms with Gasteiger partial charge in [0.05, 0.1) is 0 Å². The summed E-state index contributed by atoms with van der Waals surface area (Å²) in [7, 11) is 0. The number of aliphatic imine (C=N–C) groups is 2. The lowest BCUT2D eigenvalue weighted by Gasteiger charge is -2.24. The highest BCUT2D eigenvalue weighted by Crippen LogP contribution is 2.08. The molecule has 0 aromatic heterocycles. The molecule has 0 radical (unpaired) electrons. The van der Waals surface area contributed by atoms with Gasteiger partial charge < -0.3 is 43.4 Å². The molecule has 2 amide bonds. The molecular formula is C17H34N8O5. The molecule has 0 fully saturated rings. The van der Waals surface area contributed by atoms with Gasteiger partial charge in [-0.3, -0.25) is 14.8 Å². The van der Waals surface area contributed by atoms with E-state index in [0.29, 0.717) is 12.8 Å². The maximum Gasteiger partial charge on any atom is 0.408 e. The van der Waals surface area contributed by atoms with Crippen LogP contribution >= 0.6 is 0 Å². The summed E-state index contributed by atoms with van der Waals surface area (Å²) < 4.78 is 5.16. The van der Waals surface area contributed by atoms with Crippen molar-refractivity contribution < 1.29 is 24.2 Å². The molecule has 0 spiro atoms. The third-order valence-corrected chi connectivity index (χ3v) is 3.51. The van der Waals surface area contributed by atoms with Crippen LogP contribution in [-0.2, 0) is 14.3 Å². The predicted octanol–water partition coefficient (Wildman–Crippen LogP) is -1.44. The summed E-state index contributed by atoms with van der Waals surface area (Å²) >= 11 is 0. The molecule has 13 heteroatoms. The summed E-state index contributed by atoms with van der Waals surface area (Å²) in [4.78, 5) is 43.8. The molecule has 13 nitrogen and oxygen atoms in total. The van der Waals surface area contributed by atoms with Gasteiger partial charge in [-0.05, 0) is 46.5 Å². The van der Waals surface area contributed by atoms with Crippen LogP contribution in [0.1, 0.15) is 46.5 Å². The summed E-state index contributed by atoms with van der Waals surface area (Å²) in [5.41, 5.74) is 20.2. The van der Waals surface area contributed by atoms with Crippen molar-refractivity contribution in [3.05, 3.63) is 0 Å². The van der Waals surface area contributed by atoms with Crippen molar-refractivity contribution in [1.82, 2.24) is 10.6 Å². The van der Waals surface area contributed by atoms with E-state index in [2.05, 4.69) is 20.6 Å². The van der Waals surface area contributed by atoms with Gasteiger partial charge in [0.1, 0.15) is 17.7 Å². The van der Waals surface area contributed by atoms with Crippen LogP contribution in [0.4, 0.5) is 4.79 Å². The van der Waals surface area contributed by atoms with E-state index in [-0.39, 0.29) is 37.9 Å². The highest BCUT2D eigenvalue weighted by molar-refractivity contribution is 5.89. The number of carbonyl (C=O) groups excluding carboxylic acids is 2. The van der Waals surface area contributed by atoms with Crippen molar-refractivity contribution in [3.8, 4) is 0 Å². The highest BCUT2D eigenvalue weighted by Gasteiger charge is 2.27. The van der Waals surface area contributed by atoms with E-state index in [1.807, 2.05) is 0 Å². The average Bonchev–Trinajstić information content (AvgIpc) is 2.57. The minimum absolute atomic E-state index is 0.0946. The van der Waals surface area contributed by atoms with Crippen molar-refractivity contribution in [1.29, 1.82) is 0 Å². The fraction of sp³-hybridized carbons (Fsp3) is 0.706. The van der Waals surface area contributed by atoms with E-state index in [1.54, 1.807) is 20.8 Å². The van der Waals surface area contributed by atoms with Crippen LogP contribution in [0.2, 0.25) is 0 Å². The van der Waals surface area contributed by atoms with Crippen LogP contribution in [0.5, 0.6) is 0 Å². The Balaban J connectivity index is 5.05. The number of aliphatic carboxylic acids is 1. The predicted molar refractivity (Wildman–Crippen MR) is 113 cm³/mol. The third kappa shape index (κ3) is 13.8. The van der Waals surface area contributed by atoms with Crippen LogP contribution < -0.4 is 33.6 Å². The molecule has 0 aromatic rings. The Morgan fingerprint density at radius 1 is 0.900 bits per heavy atom. The standard InChI is InChI=1S/C17H34N8O5/c1-17(2,3)30-16(29)25-10(6-4-8-22-14(18)19)12(26)24-11(13(27)28)7-5-9-23-15(20)21/h10-11H,4-9H2,1-3H3,(H,24,26)(H,25,29)(H,27,28)(H4,18,19,22)(H4,20,21,23). The van der Waals surface area contributed by atoms with Crippen LogP contribution in [0, 0.1) is 0 Å². The van der Waals surface area contributed by atoms with Crippen molar-refractivity contribution in [3.63, 3.8) is 0 Å². The Bertz CT molecular complexity index is 637. The fourth-order valence-electron chi connectivity index (χ4n) is 2.26. The minimum atomic E-state index is -1.22. The van der Waals surface area contributed by atoms with Gasteiger partial charge >= 0.3 is 12.1 Å². The Hall–Kier alpha value is -3.25. The van der Waals surface area contributed by atoms with Crippen LogP contribution in [0.15, 0.2) is 9.98 Å². The minimum Gasteiger partial charge on any atom is -0.480 e. The van der Waals surface area contributed by atoms with Crippen LogP contribution in [0.3, 0.4) is 0 Å². The lowest BCUT2D eigenvalue weighted by molar-refractivity contribution is -0.142. The van der Waals surface area contributed by atoms with Crippen molar-refractivity contribution in [2.45, 2.75) is 64.1 Å². The number of hydrogen-bond acceptors (Lipinski definition) is 6. The number of guanidine groups is 2. The van der Waals surface area contributed by atoms with E-state index in [0.717, 1.165) is 0 Å².